The van der Waals surface area contributed by atoms with Gasteiger partial charge >= 0.3 is 11.9 Å². The Morgan fingerprint density at radius 1 is 1.05 bits per heavy atom. The van der Waals surface area contributed by atoms with E-state index in [0.29, 0.717) is 18.6 Å². The first kappa shape index (κ1) is 17.5. The molecule has 0 aliphatic heterocycles. The van der Waals surface area contributed by atoms with Gasteiger partial charge in [-0.1, -0.05) is 37.3 Å². The van der Waals surface area contributed by atoms with Gasteiger partial charge in [0.2, 0.25) is 0 Å². The minimum absolute atomic E-state index is 0.0363. The Morgan fingerprint density at radius 3 is 2.14 bits per heavy atom. The van der Waals surface area contributed by atoms with Gasteiger partial charge in [-0.05, 0) is 24.5 Å². The molecule has 2 N–H and O–H groups in total. The maximum absolute atomic E-state index is 10.6. The number of hydrogen-bond acceptors (Lipinski definition) is 3. The standard InChI is InChI=1S/C17H20O5/c1-13(7-5-11-16(18)19)15(10-6-12-17(20)21)22-14-8-3-2-4-9-14/h2-6,8-9,11-13,15H,7,10H2,1H3,(H,18,19)(H,20,21)/b11-5+,12-6+. The zero-order valence-corrected chi connectivity index (χ0v) is 12.4. The molecule has 22 heavy (non-hydrogen) atoms. The number of carbonyl (C=O) groups is 2. The molecule has 0 fully saturated rings. The zero-order chi connectivity index (χ0) is 16.4. The highest BCUT2D eigenvalue weighted by Crippen LogP contribution is 2.20. The van der Waals surface area contributed by atoms with Crippen LogP contribution in [0.3, 0.4) is 0 Å². The normalized spacial score (nSPS) is 14.0. The molecule has 118 valence electrons. The highest BCUT2D eigenvalue weighted by Gasteiger charge is 2.17. The van der Waals surface area contributed by atoms with E-state index in [1.165, 1.54) is 0 Å². The first-order valence-corrected chi connectivity index (χ1v) is 6.99. The van der Waals surface area contributed by atoms with Gasteiger partial charge in [0.1, 0.15) is 11.9 Å². The molecule has 2 atom stereocenters. The lowest BCUT2D eigenvalue weighted by Gasteiger charge is -2.23. The number of carboxylic acid groups (broad SMARTS) is 2. The van der Waals surface area contributed by atoms with E-state index in [9.17, 15) is 9.59 Å². The van der Waals surface area contributed by atoms with Crippen LogP contribution in [0.15, 0.2) is 54.6 Å². The molecule has 0 bridgehead atoms. The monoisotopic (exact) mass is 304 g/mol. The summed E-state index contributed by atoms with van der Waals surface area (Å²) in [5.74, 6) is -1.25. The third-order valence-electron chi connectivity index (χ3n) is 3.06. The molecule has 5 nitrogen and oxygen atoms in total. The Bertz CT molecular complexity index is 533. The predicted octanol–water partition coefficient (Wildman–Crippen LogP) is 3.13. The second-order valence-corrected chi connectivity index (χ2v) is 4.90. The van der Waals surface area contributed by atoms with E-state index in [-0.39, 0.29) is 12.0 Å². The molecular formula is C17H20O5. The summed E-state index contributed by atoms with van der Waals surface area (Å²) in [7, 11) is 0. The molecule has 0 saturated heterocycles. The summed E-state index contributed by atoms with van der Waals surface area (Å²) in [6.45, 7) is 1.94. The number of allylic oxidation sites excluding steroid dienone is 1. The van der Waals surface area contributed by atoms with Crippen LogP contribution in [-0.4, -0.2) is 28.3 Å². The van der Waals surface area contributed by atoms with Crippen molar-refractivity contribution in [1.29, 1.82) is 0 Å². The van der Waals surface area contributed by atoms with Gasteiger partial charge in [-0.25, -0.2) is 9.59 Å². The molecule has 0 aliphatic carbocycles. The summed E-state index contributed by atoms with van der Waals surface area (Å²) in [6, 6.07) is 9.25. The number of ether oxygens (including phenoxy) is 1. The Labute approximate surface area is 129 Å². The van der Waals surface area contributed by atoms with Crippen LogP contribution in [0.25, 0.3) is 0 Å². The summed E-state index contributed by atoms with van der Waals surface area (Å²) < 4.78 is 5.89. The van der Waals surface area contributed by atoms with Crippen LogP contribution in [0, 0.1) is 5.92 Å². The van der Waals surface area contributed by atoms with Crippen LogP contribution in [-0.2, 0) is 9.59 Å². The summed E-state index contributed by atoms with van der Waals surface area (Å²) in [6.07, 6.45) is 6.04. The third kappa shape index (κ3) is 7.28. The van der Waals surface area contributed by atoms with Crippen molar-refractivity contribution in [1.82, 2.24) is 0 Å². The molecule has 0 spiro atoms. The van der Waals surface area contributed by atoms with Crippen molar-refractivity contribution < 1.29 is 24.5 Å². The Balaban J connectivity index is 2.71. The first-order valence-electron chi connectivity index (χ1n) is 6.99. The van der Waals surface area contributed by atoms with Crippen molar-refractivity contribution in [3.05, 3.63) is 54.6 Å². The number of hydrogen-bond donors (Lipinski definition) is 2. The number of aliphatic carboxylic acids is 2. The molecule has 1 rings (SSSR count). The van der Waals surface area contributed by atoms with Gasteiger partial charge in [-0.2, -0.15) is 0 Å². The van der Waals surface area contributed by atoms with Crippen molar-refractivity contribution in [2.24, 2.45) is 5.92 Å². The molecule has 2 unspecified atom stereocenters. The molecule has 5 heteroatoms. The van der Waals surface area contributed by atoms with E-state index >= 15 is 0 Å². The number of benzene rings is 1. The van der Waals surface area contributed by atoms with Crippen LogP contribution in [0.2, 0.25) is 0 Å². The maximum Gasteiger partial charge on any atom is 0.327 e. The predicted molar refractivity (Wildman–Crippen MR) is 82.8 cm³/mol. The smallest absolute Gasteiger partial charge is 0.327 e. The number of carboxylic acids is 2. The van der Waals surface area contributed by atoms with E-state index in [4.69, 9.17) is 14.9 Å². The Kier molecular flexibility index (Phi) is 7.47. The van der Waals surface area contributed by atoms with Gasteiger partial charge in [0, 0.05) is 18.6 Å². The van der Waals surface area contributed by atoms with Gasteiger partial charge in [-0.3, -0.25) is 0 Å². The summed E-state index contributed by atoms with van der Waals surface area (Å²) in [4.78, 5) is 21.0. The largest absolute Gasteiger partial charge is 0.490 e. The first-order chi connectivity index (χ1) is 10.5. The van der Waals surface area contributed by atoms with Gasteiger partial charge in [0.25, 0.3) is 0 Å². The van der Waals surface area contributed by atoms with Crippen LogP contribution in [0.1, 0.15) is 19.8 Å². The summed E-state index contributed by atoms with van der Waals surface area (Å²) in [5.41, 5.74) is 0. The fourth-order valence-corrected chi connectivity index (χ4v) is 1.91. The second kappa shape index (κ2) is 9.39. The minimum Gasteiger partial charge on any atom is -0.490 e. The minimum atomic E-state index is -1.00. The molecule has 1 aromatic rings. The van der Waals surface area contributed by atoms with E-state index in [0.717, 1.165) is 12.2 Å². The highest BCUT2D eigenvalue weighted by atomic mass is 16.5. The average molecular weight is 304 g/mol. The number of para-hydroxylation sites is 1. The molecule has 0 saturated carbocycles. The van der Waals surface area contributed by atoms with E-state index < -0.39 is 11.9 Å². The maximum atomic E-state index is 10.6. The van der Waals surface area contributed by atoms with Crippen molar-refractivity contribution >= 4 is 11.9 Å². The lowest BCUT2D eigenvalue weighted by molar-refractivity contribution is -0.132. The van der Waals surface area contributed by atoms with Crippen molar-refractivity contribution in [2.75, 3.05) is 0 Å². The van der Waals surface area contributed by atoms with E-state index in [2.05, 4.69) is 0 Å². The van der Waals surface area contributed by atoms with Gasteiger partial charge < -0.3 is 14.9 Å². The fraction of sp³-hybridized carbons (Fsp3) is 0.294. The van der Waals surface area contributed by atoms with Gasteiger partial charge in [-0.15, -0.1) is 0 Å². The molecule has 1 aromatic carbocycles. The summed E-state index contributed by atoms with van der Waals surface area (Å²) >= 11 is 0. The SMILES string of the molecule is CC(C/C=C/C(=O)O)C(C/C=C/C(=O)O)Oc1ccccc1. The van der Waals surface area contributed by atoms with Crippen molar-refractivity contribution in [3.8, 4) is 5.75 Å². The quantitative estimate of drug-likeness (QED) is 0.685. The van der Waals surface area contributed by atoms with Crippen molar-refractivity contribution in [2.45, 2.75) is 25.9 Å². The van der Waals surface area contributed by atoms with Gasteiger partial charge in [0.05, 0.1) is 0 Å². The van der Waals surface area contributed by atoms with Crippen molar-refractivity contribution in [3.63, 3.8) is 0 Å². The van der Waals surface area contributed by atoms with Crippen LogP contribution in [0.5, 0.6) is 5.75 Å². The molecule has 0 heterocycles. The van der Waals surface area contributed by atoms with E-state index in [1.807, 2.05) is 37.3 Å². The molecule has 0 amide bonds. The molecular weight excluding hydrogens is 284 g/mol. The molecule has 0 aliphatic rings. The van der Waals surface area contributed by atoms with Gasteiger partial charge in [0.15, 0.2) is 0 Å². The fourth-order valence-electron chi connectivity index (χ4n) is 1.91. The topological polar surface area (TPSA) is 83.8 Å². The lowest BCUT2D eigenvalue weighted by atomic mass is 9.97. The van der Waals surface area contributed by atoms with Crippen LogP contribution < -0.4 is 4.74 Å². The third-order valence-corrected chi connectivity index (χ3v) is 3.06. The Morgan fingerprint density at radius 2 is 1.59 bits per heavy atom. The van der Waals surface area contributed by atoms with E-state index in [1.54, 1.807) is 12.2 Å². The lowest BCUT2D eigenvalue weighted by Crippen LogP contribution is -2.24. The Hall–Kier alpha value is -2.56. The highest BCUT2D eigenvalue weighted by molar-refractivity contribution is 5.80. The zero-order valence-electron chi connectivity index (χ0n) is 12.4. The van der Waals surface area contributed by atoms with Crippen LogP contribution >= 0.6 is 0 Å². The molecule has 0 radical (unpaired) electrons. The second-order valence-electron chi connectivity index (χ2n) is 4.90. The average Bonchev–Trinajstić information content (AvgIpc) is 2.46. The van der Waals surface area contributed by atoms with Crippen LogP contribution in [0.4, 0.5) is 0 Å². The number of rotatable bonds is 9. The summed E-state index contributed by atoms with van der Waals surface area (Å²) in [5, 5.41) is 17.3. The molecule has 0 aromatic heterocycles.